The fourth-order valence-electron chi connectivity index (χ4n) is 3.32. The molecule has 0 saturated heterocycles. The van der Waals surface area contributed by atoms with Crippen LogP contribution in [0.1, 0.15) is 11.9 Å². The summed E-state index contributed by atoms with van der Waals surface area (Å²) in [5.74, 6) is 2.25. The summed E-state index contributed by atoms with van der Waals surface area (Å²) >= 11 is 1.34. The Kier molecular flexibility index (Phi) is 5.13. The van der Waals surface area contributed by atoms with Crippen molar-refractivity contribution in [3.63, 3.8) is 0 Å². The van der Waals surface area contributed by atoms with Crippen LogP contribution in [0.15, 0.2) is 71.1 Å². The average Bonchev–Trinajstić information content (AvgIpc) is 3.21. The molecule has 0 amide bonds. The highest BCUT2D eigenvalue weighted by molar-refractivity contribution is 7.98. The number of aromatic nitrogens is 6. The molecule has 4 aromatic rings. The second kappa shape index (κ2) is 8.23. The topological polar surface area (TPSA) is 97.0 Å². The molecule has 31 heavy (non-hydrogen) atoms. The lowest BCUT2D eigenvalue weighted by Crippen LogP contribution is -2.25. The van der Waals surface area contributed by atoms with E-state index in [0.29, 0.717) is 46.5 Å². The van der Waals surface area contributed by atoms with Gasteiger partial charge in [0.05, 0.1) is 11.3 Å². The Morgan fingerprint density at radius 3 is 2.77 bits per heavy atom. The van der Waals surface area contributed by atoms with E-state index in [1.807, 2.05) is 34.9 Å². The number of thioether (sulfide) groups is 1. The van der Waals surface area contributed by atoms with E-state index in [2.05, 4.69) is 27.1 Å². The second-order valence-electron chi connectivity index (χ2n) is 6.79. The molecule has 0 radical (unpaired) electrons. The van der Waals surface area contributed by atoms with Crippen LogP contribution in [0.5, 0.6) is 11.5 Å². The monoisotopic (exact) mass is 434 g/mol. The summed E-state index contributed by atoms with van der Waals surface area (Å²) in [4.78, 5) is 12.7. The van der Waals surface area contributed by atoms with Crippen LogP contribution in [0, 0.1) is 0 Å². The van der Waals surface area contributed by atoms with E-state index >= 15 is 0 Å². The molecule has 0 saturated carbocycles. The number of ether oxygens (including phenoxy) is 2. The van der Waals surface area contributed by atoms with Gasteiger partial charge in [-0.3, -0.25) is 9.36 Å². The van der Waals surface area contributed by atoms with Crippen LogP contribution in [0.2, 0.25) is 0 Å². The van der Waals surface area contributed by atoms with Gasteiger partial charge >= 0.3 is 0 Å². The maximum atomic E-state index is 12.7. The first-order valence-electron chi connectivity index (χ1n) is 9.62. The second-order valence-corrected chi connectivity index (χ2v) is 7.70. The van der Waals surface area contributed by atoms with Crippen molar-refractivity contribution >= 4 is 22.7 Å². The van der Waals surface area contributed by atoms with Crippen molar-refractivity contribution in [1.29, 1.82) is 0 Å². The molecule has 0 spiro atoms. The molecule has 0 N–H and O–H groups in total. The van der Waals surface area contributed by atoms with Crippen LogP contribution in [-0.2, 0) is 12.4 Å². The molecule has 0 aliphatic carbocycles. The van der Waals surface area contributed by atoms with Crippen LogP contribution in [-0.4, -0.2) is 36.4 Å². The minimum Gasteiger partial charge on any atom is -0.485 e. The Balaban J connectivity index is 1.40. The number of hydrogen-bond acceptors (Lipinski definition) is 8. The van der Waals surface area contributed by atoms with Gasteiger partial charge in [0.1, 0.15) is 12.1 Å². The Labute approximate surface area is 181 Å². The first-order valence-corrected chi connectivity index (χ1v) is 10.6. The standard InChI is InChI=1S/C21H18N6O3S/c1-2-11-26-19(18-12-29-16-9-5-6-10-17(16)30-18)23-24-21(26)31-13-27-20(28)14-7-3-4-8-15(14)22-25-27/h2-10,18H,1,11-13H2. The normalized spacial score (nSPS) is 15.2. The predicted octanol–water partition coefficient (Wildman–Crippen LogP) is 2.83. The maximum Gasteiger partial charge on any atom is 0.278 e. The van der Waals surface area contributed by atoms with Gasteiger partial charge in [-0.25, -0.2) is 0 Å². The maximum absolute atomic E-state index is 12.7. The summed E-state index contributed by atoms with van der Waals surface area (Å²) in [6.07, 6.45) is 1.36. The lowest BCUT2D eigenvalue weighted by molar-refractivity contribution is 0.0821. The molecule has 1 aliphatic rings. The zero-order valence-corrected chi connectivity index (χ0v) is 17.2. The van der Waals surface area contributed by atoms with E-state index in [-0.39, 0.29) is 11.4 Å². The molecule has 2 aromatic carbocycles. The first kappa shape index (κ1) is 19.3. The predicted molar refractivity (Wildman–Crippen MR) is 115 cm³/mol. The zero-order valence-electron chi connectivity index (χ0n) is 16.4. The van der Waals surface area contributed by atoms with Crippen molar-refractivity contribution in [1.82, 2.24) is 29.8 Å². The highest BCUT2D eigenvalue weighted by atomic mass is 32.2. The summed E-state index contributed by atoms with van der Waals surface area (Å²) < 4.78 is 15.1. The molecule has 9 nitrogen and oxygen atoms in total. The van der Waals surface area contributed by atoms with Gasteiger partial charge in [0.25, 0.3) is 5.56 Å². The number of rotatable bonds is 6. The average molecular weight is 434 g/mol. The molecule has 3 heterocycles. The van der Waals surface area contributed by atoms with Crippen molar-refractivity contribution in [3.05, 3.63) is 77.4 Å². The summed E-state index contributed by atoms with van der Waals surface area (Å²) in [5, 5.41) is 17.9. The Hall–Kier alpha value is -3.66. The highest BCUT2D eigenvalue weighted by Gasteiger charge is 2.28. The summed E-state index contributed by atoms with van der Waals surface area (Å²) in [5.41, 5.74) is 0.370. The van der Waals surface area contributed by atoms with Gasteiger partial charge in [-0.2, -0.15) is 4.68 Å². The Morgan fingerprint density at radius 1 is 1.10 bits per heavy atom. The molecule has 1 atom stereocenters. The van der Waals surface area contributed by atoms with Crippen LogP contribution < -0.4 is 15.0 Å². The van der Waals surface area contributed by atoms with Gasteiger partial charge in [-0.05, 0) is 24.3 Å². The molecular formula is C21H18N6O3S. The SMILES string of the molecule is C=CCn1c(SCn2nnc3ccccc3c2=O)nnc1C1COc2ccccc2O1. The Bertz CT molecular complexity index is 1320. The van der Waals surface area contributed by atoms with Gasteiger partial charge in [0.15, 0.2) is 28.6 Å². The van der Waals surface area contributed by atoms with E-state index in [1.165, 1.54) is 16.4 Å². The first-order chi connectivity index (χ1) is 15.2. The summed E-state index contributed by atoms with van der Waals surface area (Å²) in [6, 6.07) is 14.6. The number of para-hydroxylation sites is 2. The number of hydrogen-bond donors (Lipinski definition) is 0. The highest BCUT2D eigenvalue weighted by Crippen LogP contribution is 2.36. The molecular weight excluding hydrogens is 416 g/mol. The van der Waals surface area contributed by atoms with Crippen LogP contribution in [0.4, 0.5) is 0 Å². The van der Waals surface area contributed by atoms with Gasteiger partial charge in [0.2, 0.25) is 0 Å². The van der Waals surface area contributed by atoms with Crippen molar-refractivity contribution < 1.29 is 9.47 Å². The van der Waals surface area contributed by atoms with Crippen molar-refractivity contribution in [2.45, 2.75) is 23.7 Å². The Morgan fingerprint density at radius 2 is 1.90 bits per heavy atom. The molecule has 0 bridgehead atoms. The van der Waals surface area contributed by atoms with Crippen LogP contribution >= 0.6 is 11.8 Å². The van der Waals surface area contributed by atoms with Gasteiger partial charge in [0, 0.05) is 6.54 Å². The van der Waals surface area contributed by atoms with Crippen LogP contribution in [0.25, 0.3) is 10.9 Å². The quantitative estimate of drug-likeness (QED) is 0.338. The molecule has 2 aromatic heterocycles. The molecule has 1 unspecified atom stereocenters. The molecule has 0 fully saturated rings. The lowest BCUT2D eigenvalue weighted by Gasteiger charge is -2.26. The third-order valence-electron chi connectivity index (χ3n) is 4.80. The summed E-state index contributed by atoms with van der Waals surface area (Å²) in [7, 11) is 0. The molecule has 1 aliphatic heterocycles. The molecule has 156 valence electrons. The third kappa shape index (κ3) is 3.66. The fourth-order valence-corrected chi connectivity index (χ4v) is 4.15. The van der Waals surface area contributed by atoms with Crippen molar-refractivity contribution in [2.24, 2.45) is 0 Å². The van der Waals surface area contributed by atoms with E-state index in [9.17, 15) is 4.79 Å². The largest absolute Gasteiger partial charge is 0.485 e. The number of fused-ring (bicyclic) bond motifs is 2. The van der Waals surface area contributed by atoms with Gasteiger partial charge in [-0.1, -0.05) is 47.3 Å². The summed E-state index contributed by atoms with van der Waals surface area (Å²) in [6.45, 7) is 4.65. The van der Waals surface area contributed by atoms with E-state index in [0.717, 1.165) is 0 Å². The minimum absolute atomic E-state index is 0.200. The smallest absolute Gasteiger partial charge is 0.278 e. The van der Waals surface area contributed by atoms with E-state index < -0.39 is 6.10 Å². The molecule has 5 rings (SSSR count). The zero-order chi connectivity index (χ0) is 21.2. The lowest BCUT2D eigenvalue weighted by atomic mass is 10.2. The van der Waals surface area contributed by atoms with Crippen LogP contribution in [0.3, 0.4) is 0 Å². The van der Waals surface area contributed by atoms with Crippen molar-refractivity contribution in [2.75, 3.05) is 6.61 Å². The van der Waals surface area contributed by atoms with Gasteiger partial charge < -0.3 is 9.47 Å². The number of allylic oxidation sites excluding steroid dienone is 1. The van der Waals surface area contributed by atoms with E-state index in [1.54, 1.807) is 24.3 Å². The number of benzene rings is 2. The van der Waals surface area contributed by atoms with Gasteiger partial charge in [-0.15, -0.1) is 21.9 Å². The van der Waals surface area contributed by atoms with Crippen molar-refractivity contribution in [3.8, 4) is 11.5 Å². The molecule has 10 heteroatoms. The van der Waals surface area contributed by atoms with E-state index in [4.69, 9.17) is 9.47 Å². The third-order valence-corrected chi connectivity index (χ3v) is 5.73. The number of nitrogens with zero attached hydrogens (tertiary/aromatic N) is 6. The minimum atomic E-state index is -0.403. The fraction of sp³-hybridized carbons (Fsp3) is 0.190.